The van der Waals surface area contributed by atoms with Crippen molar-refractivity contribution in [3.05, 3.63) is 63.9 Å². The van der Waals surface area contributed by atoms with Gasteiger partial charge in [0.2, 0.25) is 0 Å². The minimum absolute atomic E-state index is 0.150. The van der Waals surface area contributed by atoms with E-state index >= 15 is 0 Å². The highest BCUT2D eigenvalue weighted by Crippen LogP contribution is 2.31. The van der Waals surface area contributed by atoms with Gasteiger partial charge in [-0.05, 0) is 48.9 Å². The first-order chi connectivity index (χ1) is 9.44. The predicted molar refractivity (Wildman–Crippen MR) is 80.9 cm³/mol. The number of hydrogen-bond donors (Lipinski definition) is 2. The summed E-state index contributed by atoms with van der Waals surface area (Å²) in [5.74, 6) is -0.309. The van der Waals surface area contributed by atoms with Gasteiger partial charge in [-0.2, -0.15) is 0 Å². The Morgan fingerprint density at radius 1 is 1.10 bits per heavy atom. The van der Waals surface area contributed by atoms with E-state index in [1.807, 2.05) is 6.92 Å². The van der Waals surface area contributed by atoms with Crippen molar-refractivity contribution < 1.29 is 9.50 Å². The van der Waals surface area contributed by atoms with Crippen LogP contribution in [-0.4, -0.2) is 11.7 Å². The average molecular weight is 314 g/mol. The van der Waals surface area contributed by atoms with Crippen molar-refractivity contribution in [2.45, 2.75) is 12.5 Å². The fourth-order valence-electron chi connectivity index (χ4n) is 1.89. The molecule has 0 aliphatic carbocycles. The molecule has 2 aromatic carbocycles. The molecule has 2 nitrogen and oxygen atoms in total. The summed E-state index contributed by atoms with van der Waals surface area (Å²) in [6, 6.07) is 11.1. The van der Waals surface area contributed by atoms with E-state index in [0.29, 0.717) is 15.7 Å². The van der Waals surface area contributed by atoms with Crippen LogP contribution < -0.4 is 5.32 Å². The first-order valence-corrected chi connectivity index (χ1v) is 6.80. The summed E-state index contributed by atoms with van der Waals surface area (Å²) in [6.07, 6.45) is 0. The Kier molecular flexibility index (Phi) is 4.53. The Morgan fingerprint density at radius 2 is 1.75 bits per heavy atom. The number of nitrogens with one attached hydrogen (secondary N) is 1. The largest absolute Gasteiger partial charge is 0.394 e. The summed E-state index contributed by atoms with van der Waals surface area (Å²) in [5, 5.41) is 13.8. The van der Waals surface area contributed by atoms with Crippen molar-refractivity contribution in [1.29, 1.82) is 0 Å². The molecule has 1 unspecified atom stereocenters. The van der Waals surface area contributed by atoms with E-state index in [0.717, 1.165) is 5.56 Å². The standard InChI is InChI=1S/C15H14Cl2FNO/c1-15(9-20,10-2-7-13(16)14(17)8-10)19-12-5-3-11(18)4-6-12/h2-8,19-20H,9H2,1H3. The van der Waals surface area contributed by atoms with Gasteiger partial charge in [-0.3, -0.25) is 0 Å². The lowest BCUT2D eigenvalue weighted by Crippen LogP contribution is -2.35. The Bertz CT molecular complexity index is 603. The van der Waals surface area contributed by atoms with E-state index < -0.39 is 5.54 Å². The van der Waals surface area contributed by atoms with Crippen molar-refractivity contribution in [1.82, 2.24) is 0 Å². The van der Waals surface area contributed by atoms with Gasteiger partial charge in [0.05, 0.1) is 22.2 Å². The van der Waals surface area contributed by atoms with Gasteiger partial charge in [-0.15, -0.1) is 0 Å². The third-order valence-corrected chi connectivity index (χ3v) is 3.88. The van der Waals surface area contributed by atoms with Crippen LogP contribution in [0.4, 0.5) is 10.1 Å². The molecular weight excluding hydrogens is 300 g/mol. The molecule has 2 rings (SSSR count). The zero-order valence-electron chi connectivity index (χ0n) is 10.8. The van der Waals surface area contributed by atoms with Crippen molar-refractivity contribution in [3.63, 3.8) is 0 Å². The summed E-state index contributed by atoms with van der Waals surface area (Å²) in [4.78, 5) is 0. The zero-order chi connectivity index (χ0) is 14.8. The maximum atomic E-state index is 12.9. The molecule has 0 saturated carbocycles. The summed E-state index contributed by atoms with van der Waals surface area (Å²) < 4.78 is 12.9. The topological polar surface area (TPSA) is 32.3 Å². The average Bonchev–Trinajstić information content (AvgIpc) is 2.44. The second-order valence-corrected chi connectivity index (χ2v) is 5.57. The van der Waals surface area contributed by atoms with Crippen LogP contribution in [0.15, 0.2) is 42.5 Å². The van der Waals surface area contributed by atoms with E-state index in [4.69, 9.17) is 23.2 Å². The van der Waals surface area contributed by atoms with Gasteiger partial charge in [-0.1, -0.05) is 29.3 Å². The van der Waals surface area contributed by atoms with E-state index in [9.17, 15) is 9.50 Å². The molecule has 0 fully saturated rings. The lowest BCUT2D eigenvalue weighted by Gasteiger charge is -2.31. The summed E-state index contributed by atoms with van der Waals surface area (Å²) in [6.45, 7) is 1.68. The summed E-state index contributed by atoms with van der Waals surface area (Å²) in [7, 11) is 0. The molecule has 0 aliphatic rings. The van der Waals surface area contributed by atoms with Crippen molar-refractivity contribution in [2.75, 3.05) is 11.9 Å². The zero-order valence-corrected chi connectivity index (χ0v) is 12.3. The Labute approximate surface area is 127 Å². The molecule has 0 heterocycles. The van der Waals surface area contributed by atoms with Crippen molar-refractivity contribution >= 4 is 28.9 Å². The highest BCUT2D eigenvalue weighted by atomic mass is 35.5. The summed E-state index contributed by atoms with van der Waals surface area (Å²) in [5.41, 5.74) is 0.749. The van der Waals surface area contributed by atoms with Gasteiger partial charge in [-0.25, -0.2) is 4.39 Å². The Morgan fingerprint density at radius 3 is 2.30 bits per heavy atom. The van der Waals surface area contributed by atoms with Gasteiger partial charge < -0.3 is 10.4 Å². The van der Waals surface area contributed by atoms with Crippen LogP contribution in [0.3, 0.4) is 0 Å². The van der Waals surface area contributed by atoms with Crippen LogP contribution in [0.1, 0.15) is 12.5 Å². The number of aliphatic hydroxyl groups excluding tert-OH is 1. The van der Waals surface area contributed by atoms with E-state index in [-0.39, 0.29) is 12.4 Å². The Hall–Kier alpha value is -1.29. The second kappa shape index (κ2) is 6.00. The van der Waals surface area contributed by atoms with Gasteiger partial charge in [0.1, 0.15) is 5.82 Å². The first kappa shape index (κ1) is 15.1. The highest BCUT2D eigenvalue weighted by molar-refractivity contribution is 6.42. The smallest absolute Gasteiger partial charge is 0.123 e. The lowest BCUT2D eigenvalue weighted by atomic mass is 9.92. The normalized spacial score (nSPS) is 13.8. The van der Waals surface area contributed by atoms with Gasteiger partial charge >= 0.3 is 0 Å². The molecular formula is C15H14Cl2FNO. The molecule has 0 radical (unpaired) electrons. The minimum atomic E-state index is -0.744. The second-order valence-electron chi connectivity index (χ2n) is 4.75. The van der Waals surface area contributed by atoms with Gasteiger partial charge in [0.25, 0.3) is 0 Å². The maximum Gasteiger partial charge on any atom is 0.123 e. The fraction of sp³-hybridized carbons (Fsp3) is 0.200. The SMILES string of the molecule is CC(CO)(Nc1ccc(F)cc1)c1ccc(Cl)c(Cl)c1. The van der Waals surface area contributed by atoms with Crippen molar-refractivity contribution in [3.8, 4) is 0 Å². The van der Waals surface area contributed by atoms with Crippen LogP contribution in [0.25, 0.3) is 0 Å². The molecule has 20 heavy (non-hydrogen) atoms. The number of rotatable bonds is 4. The molecule has 2 N–H and O–H groups in total. The molecule has 5 heteroatoms. The molecule has 1 atom stereocenters. The molecule has 0 aliphatic heterocycles. The summed E-state index contributed by atoms with van der Waals surface area (Å²) >= 11 is 11.9. The molecule has 0 amide bonds. The maximum absolute atomic E-state index is 12.9. The molecule has 2 aromatic rings. The van der Waals surface area contributed by atoms with Gasteiger partial charge in [0, 0.05) is 5.69 Å². The monoisotopic (exact) mass is 313 g/mol. The molecule has 0 bridgehead atoms. The highest BCUT2D eigenvalue weighted by Gasteiger charge is 2.26. The van der Waals surface area contributed by atoms with Crippen LogP contribution in [0, 0.1) is 5.82 Å². The molecule has 106 valence electrons. The van der Waals surface area contributed by atoms with Crippen LogP contribution in [-0.2, 0) is 5.54 Å². The first-order valence-electron chi connectivity index (χ1n) is 6.05. The molecule has 0 spiro atoms. The number of aliphatic hydroxyl groups is 1. The number of halogens is 3. The molecule has 0 saturated heterocycles. The van der Waals surface area contributed by atoms with Crippen molar-refractivity contribution in [2.24, 2.45) is 0 Å². The minimum Gasteiger partial charge on any atom is -0.394 e. The fourth-order valence-corrected chi connectivity index (χ4v) is 2.19. The lowest BCUT2D eigenvalue weighted by molar-refractivity contribution is 0.224. The number of hydrogen-bond acceptors (Lipinski definition) is 2. The van der Waals surface area contributed by atoms with E-state index in [1.165, 1.54) is 12.1 Å². The van der Waals surface area contributed by atoms with Crippen LogP contribution in [0.5, 0.6) is 0 Å². The van der Waals surface area contributed by atoms with Crippen LogP contribution in [0.2, 0.25) is 10.0 Å². The predicted octanol–water partition coefficient (Wildman–Crippen LogP) is 4.45. The van der Waals surface area contributed by atoms with E-state index in [1.54, 1.807) is 30.3 Å². The number of benzene rings is 2. The third-order valence-electron chi connectivity index (χ3n) is 3.14. The third kappa shape index (κ3) is 3.23. The molecule has 0 aromatic heterocycles. The van der Waals surface area contributed by atoms with E-state index in [2.05, 4.69) is 5.32 Å². The van der Waals surface area contributed by atoms with Gasteiger partial charge in [0.15, 0.2) is 0 Å². The van der Waals surface area contributed by atoms with Crippen LogP contribution >= 0.6 is 23.2 Å². The number of anilines is 1. The Balaban J connectivity index is 2.32. The quantitative estimate of drug-likeness (QED) is 0.874.